The zero-order valence-electron chi connectivity index (χ0n) is 15.6. The van der Waals surface area contributed by atoms with Gasteiger partial charge in [0.05, 0.1) is 0 Å². The number of benzene rings is 2. The van der Waals surface area contributed by atoms with Crippen LogP contribution in [0.5, 0.6) is 0 Å². The lowest BCUT2D eigenvalue weighted by Crippen LogP contribution is -2.42. The summed E-state index contributed by atoms with van der Waals surface area (Å²) in [5, 5.41) is 0.732. The number of nitrogens with zero attached hydrogens (tertiary/aromatic N) is 1. The van der Waals surface area contributed by atoms with Crippen LogP contribution in [0.3, 0.4) is 0 Å². The molecule has 1 amide bonds. The molecular formula is C23H22FNO3. The first kappa shape index (κ1) is 18.4. The molecule has 0 aliphatic heterocycles. The van der Waals surface area contributed by atoms with E-state index in [1.165, 1.54) is 12.1 Å². The Hall–Kier alpha value is -2.95. The molecule has 0 unspecified atom stereocenters. The fraction of sp³-hybridized carbons (Fsp3) is 0.304. The Labute approximate surface area is 162 Å². The van der Waals surface area contributed by atoms with Crippen molar-refractivity contribution in [1.82, 2.24) is 4.90 Å². The van der Waals surface area contributed by atoms with Crippen molar-refractivity contribution in [1.29, 1.82) is 0 Å². The third-order valence-electron chi connectivity index (χ3n) is 5.45. The standard InChI is InChI=1S/C23H22FNO3/c24-18-11-9-16(10-12-18)13-14-25(19-6-2-3-7-19)22(26)20-15-17-5-1-4-8-21(17)28-23(20)27/h1,4-5,8-12,15,19H,2-3,6-7,13-14H2. The molecule has 0 radical (unpaired) electrons. The van der Waals surface area contributed by atoms with Crippen LogP contribution < -0.4 is 5.63 Å². The van der Waals surface area contributed by atoms with E-state index in [9.17, 15) is 14.0 Å². The van der Waals surface area contributed by atoms with Crippen molar-refractivity contribution < 1.29 is 13.6 Å². The summed E-state index contributed by atoms with van der Waals surface area (Å²) in [5.41, 5.74) is 0.906. The first-order chi connectivity index (χ1) is 13.6. The second-order valence-corrected chi connectivity index (χ2v) is 7.30. The zero-order chi connectivity index (χ0) is 19.5. The third kappa shape index (κ3) is 3.84. The largest absolute Gasteiger partial charge is 0.422 e. The van der Waals surface area contributed by atoms with Gasteiger partial charge >= 0.3 is 5.63 Å². The molecule has 144 valence electrons. The molecule has 1 aliphatic carbocycles. The molecule has 0 N–H and O–H groups in total. The molecule has 4 rings (SSSR count). The Kier molecular flexibility index (Phi) is 5.24. The molecule has 1 fully saturated rings. The lowest BCUT2D eigenvalue weighted by molar-refractivity contribution is 0.0680. The van der Waals surface area contributed by atoms with Crippen molar-refractivity contribution in [2.45, 2.75) is 38.1 Å². The van der Waals surface area contributed by atoms with E-state index >= 15 is 0 Å². The molecule has 2 aromatic carbocycles. The van der Waals surface area contributed by atoms with Gasteiger partial charge in [0.15, 0.2) is 0 Å². The average Bonchev–Trinajstić information content (AvgIpc) is 3.23. The van der Waals surface area contributed by atoms with E-state index in [1.807, 2.05) is 12.1 Å². The van der Waals surface area contributed by atoms with Crippen LogP contribution in [0.15, 0.2) is 63.8 Å². The lowest BCUT2D eigenvalue weighted by Gasteiger charge is -2.29. The summed E-state index contributed by atoms with van der Waals surface area (Å²) in [7, 11) is 0. The molecule has 0 atom stereocenters. The maximum Gasteiger partial charge on any atom is 0.349 e. The smallest absolute Gasteiger partial charge is 0.349 e. The number of amides is 1. The number of carbonyl (C=O) groups excluding carboxylic acids is 1. The number of carbonyl (C=O) groups is 1. The maximum absolute atomic E-state index is 13.3. The van der Waals surface area contributed by atoms with Gasteiger partial charge in [-0.05, 0) is 49.1 Å². The molecule has 0 saturated heterocycles. The summed E-state index contributed by atoms with van der Waals surface area (Å²) in [4.78, 5) is 27.5. The Morgan fingerprint density at radius 1 is 1.07 bits per heavy atom. The Morgan fingerprint density at radius 2 is 1.79 bits per heavy atom. The molecular weight excluding hydrogens is 357 g/mol. The van der Waals surface area contributed by atoms with E-state index in [2.05, 4.69) is 0 Å². The number of rotatable bonds is 5. The Bertz CT molecular complexity index is 1040. The first-order valence-electron chi connectivity index (χ1n) is 9.70. The fourth-order valence-corrected chi connectivity index (χ4v) is 3.93. The SMILES string of the molecule is O=C(c1cc2ccccc2oc1=O)N(CCc1ccc(F)cc1)C1CCCC1. The fourth-order valence-electron chi connectivity index (χ4n) is 3.93. The van der Waals surface area contributed by atoms with Gasteiger partial charge in [-0.3, -0.25) is 4.79 Å². The predicted molar refractivity (Wildman–Crippen MR) is 106 cm³/mol. The zero-order valence-corrected chi connectivity index (χ0v) is 15.6. The molecule has 28 heavy (non-hydrogen) atoms. The molecule has 1 aromatic heterocycles. The lowest BCUT2D eigenvalue weighted by atomic mass is 10.1. The van der Waals surface area contributed by atoms with Gasteiger partial charge in [0.1, 0.15) is 17.0 Å². The van der Waals surface area contributed by atoms with Gasteiger partial charge < -0.3 is 9.32 Å². The summed E-state index contributed by atoms with van der Waals surface area (Å²) < 4.78 is 18.5. The summed E-state index contributed by atoms with van der Waals surface area (Å²) in [6, 6.07) is 15.3. The summed E-state index contributed by atoms with van der Waals surface area (Å²) in [6.07, 6.45) is 4.65. The van der Waals surface area contributed by atoms with Crippen LogP contribution in [0.25, 0.3) is 11.0 Å². The molecule has 5 heteroatoms. The minimum atomic E-state index is -0.603. The number of fused-ring (bicyclic) bond motifs is 1. The maximum atomic E-state index is 13.3. The van der Waals surface area contributed by atoms with Gasteiger partial charge in [-0.1, -0.05) is 43.2 Å². The summed E-state index contributed by atoms with van der Waals surface area (Å²) in [5.74, 6) is -0.560. The minimum absolute atomic E-state index is 0.0738. The molecule has 0 bridgehead atoms. The van der Waals surface area contributed by atoms with Crippen molar-refractivity contribution in [3.8, 4) is 0 Å². The van der Waals surface area contributed by atoms with Gasteiger partial charge in [-0.2, -0.15) is 0 Å². The molecule has 1 aliphatic rings. The van der Waals surface area contributed by atoms with E-state index in [1.54, 1.807) is 35.2 Å². The van der Waals surface area contributed by atoms with E-state index in [0.717, 1.165) is 36.6 Å². The Morgan fingerprint density at radius 3 is 2.54 bits per heavy atom. The molecule has 3 aromatic rings. The van der Waals surface area contributed by atoms with Gasteiger partial charge in [-0.15, -0.1) is 0 Å². The van der Waals surface area contributed by atoms with Crippen LogP contribution in [-0.2, 0) is 6.42 Å². The molecule has 1 heterocycles. The normalized spacial score (nSPS) is 14.5. The number of hydrogen-bond acceptors (Lipinski definition) is 3. The molecule has 1 saturated carbocycles. The second-order valence-electron chi connectivity index (χ2n) is 7.30. The summed E-state index contributed by atoms with van der Waals surface area (Å²) in [6.45, 7) is 0.487. The van der Waals surface area contributed by atoms with E-state index in [0.29, 0.717) is 18.5 Å². The predicted octanol–water partition coefficient (Wildman–Crippen LogP) is 4.56. The Balaban J connectivity index is 1.62. The van der Waals surface area contributed by atoms with Crippen LogP contribution in [0.4, 0.5) is 4.39 Å². The van der Waals surface area contributed by atoms with Crippen molar-refractivity contribution in [2.24, 2.45) is 0 Å². The number of halogens is 1. The average molecular weight is 379 g/mol. The molecule has 4 nitrogen and oxygen atoms in total. The van der Waals surface area contributed by atoms with E-state index in [4.69, 9.17) is 4.42 Å². The highest BCUT2D eigenvalue weighted by molar-refractivity contribution is 5.96. The minimum Gasteiger partial charge on any atom is -0.422 e. The van der Waals surface area contributed by atoms with Gasteiger partial charge in [0.25, 0.3) is 5.91 Å². The number of para-hydroxylation sites is 1. The monoisotopic (exact) mass is 379 g/mol. The highest BCUT2D eigenvalue weighted by Gasteiger charge is 2.29. The van der Waals surface area contributed by atoms with Crippen molar-refractivity contribution in [3.05, 3.63) is 82.0 Å². The van der Waals surface area contributed by atoms with Crippen LogP contribution >= 0.6 is 0 Å². The van der Waals surface area contributed by atoms with Crippen molar-refractivity contribution in [2.75, 3.05) is 6.54 Å². The van der Waals surface area contributed by atoms with Crippen molar-refractivity contribution >= 4 is 16.9 Å². The number of hydrogen-bond donors (Lipinski definition) is 0. The van der Waals surface area contributed by atoms with Crippen LogP contribution in [-0.4, -0.2) is 23.4 Å². The van der Waals surface area contributed by atoms with Crippen molar-refractivity contribution in [3.63, 3.8) is 0 Å². The molecule has 0 spiro atoms. The topological polar surface area (TPSA) is 50.5 Å². The second kappa shape index (κ2) is 7.97. The van der Waals surface area contributed by atoms with Gasteiger partial charge in [0.2, 0.25) is 0 Å². The first-order valence-corrected chi connectivity index (χ1v) is 9.70. The van der Waals surface area contributed by atoms with Crippen LogP contribution in [0, 0.1) is 5.82 Å². The van der Waals surface area contributed by atoms with Crippen LogP contribution in [0.1, 0.15) is 41.6 Å². The van der Waals surface area contributed by atoms with Crippen LogP contribution in [0.2, 0.25) is 0 Å². The van der Waals surface area contributed by atoms with E-state index < -0.39 is 5.63 Å². The third-order valence-corrected chi connectivity index (χ3v) is 5.45. The van der Waals surface area contributed by atoms with Gasteiger partial charge in [-0.25, -0.2) is 9.18 Å². The quantitative estimate of drug-likeness (QED) is 0.611. The highest BCUT2D eigenvalue weighted by Crippen LogP contribution is 2.25. The van der Waals surface area contributed by atoms with E-state index in [-0.39, 0.29) is 23.3 Å². The summed E-state index contributed by atoms with van der Waals surface area (Å²) >= 11 is 0. The van der Waals surface area contributed by atoms with Gasteiger partial charge in [0, 0.05) is 18.0 Å². The highest BCUT2D eigenvalue weighted by atomic mass is 19.1.